The Hall–Kier alpha value is -2.07. The summed E-state index contributed by atoms with van der Waals surface area (Å²) < 4.78 is 13.7. The third-order valence-electron chi connectivity index (χ3n) is 2.88. The molecule has 94 valence electrons. The van der Waals surface area contributed by atoms with Gasteiger partial charge in [0.05, 0.1) is 17.4 Å². The van der Waals surface area contributed by atoms with Crippen molar-refractivity contribution in [3.8, 4) is 0 Å². The van der Waals surface area contributed by atoms with E-state index in [9.17, 15) is 4.39 Å². The molecule has 0 aliphatic carbocycles. The van der Waals surface area contributed by atoms with Gasteiger partial charge in [-0.3, -0.25) is 4.98 Å². The van der Waals surface area contributed by atoms with Crippen molar-refractivity contribution in [3.63, 3.8) is 0 Å². The molecule has 1 aromatic carbocycles. The van der Waals surface area contributed by atoms with Crippen molar-refractivity contribution in [2.45, 2.75) is 6.42 Å². The van der Waals surface area contributed by atoms with Crippen LogP contribution in [0.25, 0.3) is 10.9 Å². The van der Waals surface area contributed by atoms with Crippen LogP contribution in [0.3, 0.4) is 0 Å². The Labute approximate surface area is 114 Å². The van der Waals surface area contributed by atoms with Gasteiger partial charge in [-0.25, -0.2) is 14.4 Å². The molecule has 3 aromatic rings. The maximum Gasteiger partial charge on any atom is 0.222 e. The van der Waals surface area contributed by atoms with Crippen LogP contribution in [0.4, 0.5) is 4.39 Å². The van der Waals surface area contributed by atoms with Gasteiger partial charge in [0.2, 0.25) is 5.28 Å². The van der Waals surface area contributed by atoms with Gasteiger partial charge in [-0.2, -0.15) is 0 Å². The lowest BCUT2D eigenvalue weighted by atomic mass is 10.0. The summed E-state index contributed by atoms with van der Waals surface area (Å²) in [6, 6.07) is 9.58. The molecule has 19 heavy (non-hydrogen) atoms. The molecular formula is C14H9ClFN3. The summed E-state index contributed by atoms with van der Waals surface area (Å²) in [6.07, 6.45) is 3.16. The lowest BCUT2D eigenvalue weighted by molar-refractivity contribution is 0.596. The Morgan fingerprint density at radius 3 is 2.84 bits per heavy atom. The highest BCUT2D eigenvalue weighted by Crippen LogP contribution is 2.20. The summed E-state index contributed by atoms with van der Waals surface area (Å²) in [5, 5.41) is 1.04. The van der Waals surface area contributed by atoms with Crippen molar-refractivity contribution >= 4 is 22.5 Å². The Balaban J connectivity index is 2.08. The Morgan fingerprint density at radius 1 is 1.11 bits per heavy atom. The van der Waals surface area contributed by atoms with Crippen LogP contribution in [0.2, 0.25) is 5.28 Å². The summed E-state index contributed by atoms with van der Waals surface area (Å²) in [7, 11) is 0. The molecule has 0 atom stereocenters. The molecule has 0 spiro atoms. The summed E-state index contributed by atoms with van der Waals surface area (Å²) >= 11 is 5.70. The number of hydrogen-bond acceptors (Lipinski definition) is 3. The minimum absolute atomic E-state index is 0.0507. The van der Waals surface area contributed by atoms with Gasteiger partial charge in [0, 0.05) is 18.0 Å². The first-order valence-corrected chi connectivity index (χ1v) is 6.11. The van der Waals surface area contributed by atoms with E-state index >= 15 is 0 Å². The first-order chi connectivity index (χ1) is 9.24. The topological polar surface area (TPSA) is 38.7 Å². The van der Waals surface area contributed by atoms with E-state index in [2.05, 4.69) is 15.0 Å². The molecule has 0 bridgehead atoms. The maximum atomic E-state index is 13.7. The van der Waals surface area contributed by atoms with E-state index in [0.29, 0.717) is 6.42 Å². The summed E-state index contributed by atoms with van der Waals surface area (Å²) in [5.41, 5.74) is 2.12. The van der Waals surface area contributed by atoms with Crippen LogP contribution in [0, 0.1) is 5.82 Å². The van der Waals surface area contributed by atoms with E-state index in [0.717, 1.165) is 22.7 Å². The molecule has 0 aliphatic heterocycles. The van der Waals surface area contributed by atoms with Crippen LogP contribution in [-0.4, -0.2) is 15.0 Å². The molecule has 0 amide bonds. The van der Waals surface area contributed by atoms with Crippen molar-refractivity contribution in [1.82, 2.24) is 15.0 Å². The minimum atomic E-state index is -0.453. The molecule has 0 aliphatic rings. The molecular weight excluding hydrogens is 265 g/mol. The SMILES string of the molecule is Fc1cnc(Cl)nc1Cc1ccnc2ccccc12. The molecule has 3 rings (SSSR count). The summed E-state index contributed by atoms with van der Waals surface area (Å²) in [5.74, 6) is -0.453. The molecule has 3 nitrogen and oxygen atoms in total. The molecule has 2 aromatic heterocycles. The minimum Gasteiger partial charge on any atom is -0.256 e. The second-order valence-electron chi connectivity index (χ2n) is 4.10. The summed E-state index contributed by atoms with van der Waals surface area (Å²) in [4.78, 5) is 11.8. The van der Waals surface area contributed by atoms with Crippen molar-refractivity contribution in [3.05, 3.63) is 65.1 Å². The predicted molar refractivity (Wildman–Crippen MR) is 71.5 cm³/mol. The van der Waals surface area contributed by atoms with Crippen molar-refractivity contribution in [1.29, 1.82) is 0 Å². The highest BCUT2D eigenvalue weighted by molar-refractivity contribution is 6.28. The molecule has 0 saturated heterocycles. The van der Waals surface area contributed by atoms with Crippen LogP contribution in [-0.2, 0) is 6.42 Å². The molecule has 0 fully saturated rings. The highest BCUT2D eigenvalue weighted by Gasteiger charge is 2.09. The number of pyridine rings is 1. The van der Waals surface area contributed by atoms with Crippen LogP contribution >= 0.6 is 11.6 Å². The van der Waals surface area contributed by atoms with Gasteiger partial charge < -0.3 is 0 Å². The standard InChI is InChI=1S/C14H9ClFN3/c15-14-18-8-11(16)13(19-14)7-9-5-6-17-12-4-2-1-3-10(9)12/h1-6,8H,7H2. The monoisotopic (exact) mass is 273 g/mol. The number of benzene rings is 1. The van der Waals surface area contributed by atoms with Gasteiger partial charge in [0.1, 0.15) is 0 Å². The first kappa shape index (κ1) is 12.0. The van der Waals surface area contributed by atoms with E-state index < -0.39 is 5.82 Å². The summed E-state index contributed by atoms with van der Waals surface area (Å²) in [6.45, 7) is 0. The number of hydrogen-bond donors (Lipinski definition) is 0. The van der Waals surface area contributed by atoms with Crippen LogP contribution < -0.4 is 0 Å². The molecule has 0 radical (unpaired) electrons. The average Bonchev–Trinajstić information content (AvgIpc) is 2.43. The van der Waals surface area contributed by atoms with Gasteiger partial charge in [0.25, 0.3) is 0 Å². The number of fused-ring (bicyclic) bond motifs is 1. The lowest BCUT2D eigenvalue weighted by Crippen LogP contribution is -1.99. The fourth-order valence-corrected chi connectivity index (χ4v) is 2.14. The maximum absolute atomic E-state index is 13.7. The normalized spacial score (nSPS) is 10.8. The second-order valence-corrected chi connectivity index (χ2v) is 4.44. The van der Waals surface area contributed by atoms with Gasteiger partial charge in [-0.1, -0.05) is 18.2 Å². The zero-order valence-electron chi connectivity index (χ0n) is 9.85. The molecule has 5 heteroatoms. The lowest BCUT2D eigenvalue weighted by Gasteiger charge is -2.06. The number of nitrogens with zero attached hydrogens (tertiary/aromatic N) is 3. The number of rotatable bonds is 2. The zero-order chi connectivity index (χ0) is 13.2. The van der Waals surface area contributed by atoms with Gasteiger partial charge in [0.15, 0.2) is 5.82 Å². The Morgan fingerprint density at radius 2 is 1.95 bits per heavy atom. The second kappa shape index (κ2) is 4.90. The van der Waals surface area contributed by atoms with Crippen LogP contribution in [0.15, 0.2) is 42.7 Å². The molecule has 2 heterocycles. The predicted octanol–water partition coefficient (Wildman–Crippen LogP) is 3.41. The quantitative estimate of drug-likeness (QED) is 0.672. The van der Waals surface area contributed by atoms with E-state index in [1.807, 2.05) is 30.3 Å². The van der Waals surface area contributed by atoms with Crippen molar-refractivity contribution in [2.75, 3.05) is 0 Å². The highest BCUT2D eigenvalue weighted by atomic mass is 35.5. The largest absolute Gasteiger partial charge is 0.256 e. The first-order valence-electron chi connectivity index (χ1n) is 5.73. The third-order valence-corrected chi connectivity index (χ3v) is 3.07. The van der Waals surface area contributed by atoms with Crippen LogP contribution in [0.1, 0.15) is 11.3 Å². The third kappa shape index (κ3) is 2.39. The molecule has 0 saturated carbocycles. The van der Waals surface area contributed by atoms with Crippen LogP contribution in [0.5, 0.6) is 0 Å². The zero-order valence-corrected chi connectivity index (χ0v) is 10.6. The number of halogens is 2. The van der Waals surface area contributed by atoms with E-state index in [1.165, 1.54) is 0 Å². The average molecular weight is 274 g/mol. The smallest absolute Gasteiger partial charge is 0.222 e. The van der Waals surface area contributed by atoms with Crippen molar-refractivity contribution in [2.24, 2.45) is 0 Å². The number of para-hydroxylation sites is 1. The van der Waals surface area contributed by atoms with Crippen molar-refractivity contribution < 1.29 is 4.39 Å². The number of aromatic nitrogens is 3. The van der Waals surface area contributed by atoms with E-state index in [-0.39, 0.29) is 11.0 Å². The van der Waals surface area contributed by atoms with E-state index in [1.54, 1.807) is 6.20 Å². The Bertz CT molecular complexity index is 740. The van der Waals surface area contributed by atoms with Gasteiger partial charge in [-0.05, 0) is 29.3 Å². The van der Waals surface area contributed by atoms with Gasteiger partial charge >= 0.3 is 0 Å². The fourth-order valence-electron chi connectivity index (χ4n) is 1.99. The molecule has 0 unspecified atom stereocenters. The Kier molecular flexibility index (Phi) is 3.09. The van der Waals surface area contributed by atoms with E-state index in [4.69, 9.17) is 11.6 Å². The fraction of sp³-hybridized carbons (Fsp3) is 0.0714. The van der Waals surface area contributed by atoms with Gasteiger partial charge in [-0.15, -0.1) is 0 Å². The molecule has 0 N–H and O–H groups in total.